The molecule has 1 saturated carbocycles. The zero-order valence-corrected chi connectivity index (χ0v) is 13.6. The third-order valence-corrected chi connectivity index (χ3v) is 4.83. The van der Waals surface area contributed by atoms with E-state index in [9.17, 15) is 4.79 Å². The topological polar surface area (TPSA) is 70.1 Å². The summed E-state index contributed by atoms with van der Waals surface area (Å²) in [5, 5.41) is 11.9. The number of carbonyl (C=O) groups excluding carboxylic acids is 1. The van der Waals surface area contributed by atoms with Crippen molar-refractivity contribution in [1.29, 1.82) is 0 Å². The van der Waals surface area contributed by atoms with Gasteiger partial charge in [-0.3, -0.25) is 14.6 Å². The summed E-state index contributed by atoms with van der Waals surface area (Å²) in [5.74, 6) is 1.72. The van der Waals surface area contributed by atoms with E-state index in [1.165, 1.54) is 18.5 Å². The number of amides is 1. The molecule has 2 aromatic rings. The highest BCUT2D eigenvalue weighted by atomic mass is 16.2. The number of aromatic nitrogens is 4. The molecule has 1 aliphatic heterocycles. The van der Waals surface area contributed by atoms with Crippen molar-refractivity contribution in [2.75, 3.05) is 31.1 Å². The van der Waals surface area contributed by atoms with Crippen LogP contribution in [-0.2, 0) is 7.05 Å². The molecule has 2 aliphatic rings. The fourth-order valence-corrected chi connectivity index (χ4v) is 3.06. The average molecular weight is 314 g/mol. The normalized spacial score (nSPS) is 18.5. The molecule has 7 nitrogen and oxygen atoms in total. The number of H-pyrrole nitrogens is 1. The number of rotatable bonds is 3. The second kappa shape index (κ2) is 5.40. The van der Waals surface area contributed by atoms with Gasteiger partial charge < -0.3 is 9.80 Å². The molecule has 1 N–H and O–H groups in total. The molecular weight excluding hydrogens is 292 g/mol. The Bertz CT molecular complexity index is 701. The average Bonchev–Trinajstić information content (AvgIpc) is 3.20. The minimum atomic E-state index is 0.0223. The quantitative estimate of drug-likeness (QED) is 0.927. The SMILES string of the molecule is Cc1cc(C(=O)N2CCN(c3cc(C4CC4)[nH]n3)CC2)nn1C. The van der Waals surface area contributed by atoms with Crippen LogP contribution in [0.2, 0.25) is 0 Å². The highest BCUT2D eigenvalue weighted by molar-refractivity contribution is 5.92. The summed E-state index contributed by atoms with van der Waals surface area (Å²) in [6, 6.07) is 4.02. The number of nitrogens with zero attached hydrogens (tertiary/aromatic N) is 5. The molecule has 0 radical (unpaired) electrons. The van der Waals surface area contributed by atoms with Crippen LogP contribution in [0.4, 0.5) is 5.82 Å². The molecule has 0 bridgehead atoms. The van der Waals surface area contributed by atoms with Crippen LogP contribution >= 0.6 is 0 Å². The summed E-state index contributed by atoms with van der Waals surface area (Å²) >= 11 is 0. The van der Waals surface area contributed by atoms with Crippen LogP contribution in [0.1, 0.15) is 40.6 Å². The third kappa shape index (κ3) is 2.71. The molecule has 23 heavy (non-hydrogen) atoms. The lowest BCUT2D eigenvalue weighted by molar-refractivity contribution is 0.0740. The van der Waals surface area contributed by atoms with Crippen LogP contribution in [0.5, 0.6) is 0 Å². The standard InChI is InChI=1S/C16H22N6O/c1-11-9-14(19-20(11)2)16(23)22-7-5-21(6-8-22)15-10-13(17-18-15)12-3-4-12/h9-10,12H,3-8H2,1-2H3,(H,17,18). The molecule has 0 atom stereocenters. The van der Waals surface area contributed by atoms with Gasteiger partial charge in [0.15, 0.2) is 11.5 Å². The molecule has 122 valence electrons. The number of aromatic amines is 1. The van der Waals surface area contributed by atoms with Gasteiger partial charge in [-0.1, -0.05) is 0 Å². The first kappa shape index (κ1) is 14.3. The molecule has 1 amide bonds. The summed E-state index contributed by atoms with van der Waals surface area (Å²) in [4.78, 5) is 16.6. The molecule has 0 unspecified atom stereocenters. The molecule has 3 heterocycles. The Labute approximate surface area is 135 Å². The molecule has 4 rings (SSSR count). The fourth-order valence-electron chi connectivity index (χ4n) is 3.06. The lowest BCUT2D eigenvalue weighted by Crippen LogP contribution is -2.49. The Kier molecular flexibility index (Phi) is 3.36. The summed E-state index contributed by atoms with van der Waals surface area (Å²) in [5.41, 5.74) is 2.79. The Balaban J connectivity index is 1.39. The number of hydrogen-bond donors (Lipinski definition) is 1. The van der Waals surface area contributed by atoms with Crippen LogP contribution in [0.25, 0.3) is 0 Å². The molecule has 7 heteroatoms. The second-order valence-corrected chi connectivity index (χ2v) is 6.53. The van der Waals surface area contributed by atoms with E-state index in [-0.39, 0.29) is 5.91 Å². The van der Waals surface area contributed by atoms with Crippen molar-refractivity contribution in [1.82, 2.24) is 24.9 Å². The third-order valence-electron chi connectivity index (χ3n) is 4.83. The number of hydrogen-bond acceptors (Lipinski definition) is 4. The van der Waals surface area contributed by atoms with Gasteiger partial charge in [-0.2, -0.15) is 10.2 Å². The van der Waals surface area contributed by atoms with Gasteiger partial charge >= 0.3 is 0 Å². The maximum absolute atomic E-state index is 12.5. The lowest BCUT2D eigenvalue weighted by atomic mass is 10.2. The van der Waals surface area contributed by atoms with Gasteiger partial charge in [0, 0.05) is 56.6 Å². The monoisotopic (exact) mass is 314 g/mol. The van der Waals surface area contributed by atoms with Crippen molar-refractivity contribution in [2.24, 2.45) is 7.05 Å². The minimum absolute atomic E-state index is 0.0223. The van der Waals surface area contributed by atoms with Gasteiger partial charge in [-0.05, 0) is 25.8 Å². The van der Waals surface area contributed by atoms with Gasteiger partial charge in [-0.25, -0.2) is 0 Å². The second-order valence-electron chi connectivity index (χ2n) is 6.53. The summed E-state index contributed by atoms with van der Waals surface area (Å²) in [6.45, 7) is 5.00. The van der Waals surface area contributed by atoms with Crippen LogP contribution in [0.15, 0.2) is 12.1 Å². The zero-order chi connectivity index (χ0) is 16.0. The lowest BCUT2D eigenvalue weighted by Gasteiger charge is -2.34. The van der Waals surface area contributed by atoms with Crippen LogP contribution in [0.3, 0.4) is 0 Å². The van der Waals surface area contributed by atoms with E-state index in [1.807, 2.05) is 24.9 Å². The van der Waals surface area contributed by atoms with E-state index in [2.05, 4.69) is 26.3 Å². The first-order valence-electron chi connectivity index (χ1n) is 8.22. The Morgan fingerprint density at radius 1 is 1.22 bits per heavy atom. The van der Waals surface area contributed by atoms with E-state index in [0.717, 1.165) is 24.6 Å². The Morgan fingerprint density at radius 3 is 2.57 bits per heavy atom. The number of carbonyl (C=O) groups is 1. The van der Waals surface area contributed by atoms with Crippen LogP contribution in [0, 0.1) is 6.92 Å². The van der Waals surface area contributed by atoms with Gasteiger partial charge in [0.05, 0.1) is 0 Å². The van der Waals surface area contributed by atoms with Crippen LogP contribution in [-0.4, -0.2) is 57.0 Å². The summed E-state index contributed by atoms with van der Waals surface area (Å²) in [6.07, 6.45) is 2.54. The van der Waals surface area contributed by atoms with E-state index in [4.69, 9.17) is 0 Å². The van der Waals surface area contributed by atoms with Crippen molar-refractivity contribution in [3.63, 3.8) is 0 Å². The number of nitrogens with one attached hydrogen (secondary N) is 1. The first-order valence-corrected chi connectivity index (χ1v) is 8.22. The Hall–Kier alpha value is -2.31. The molecule has 0 aromatic carbocycles. The first-order chi connectivity index (χ1) is 11.1. The molecule has 1 aliphatic carbocycles. The molecule has 2 fully saturated rings. The van der Waals surface area contributed by atoms with Crippen LogP contribution < -0.4 is 4.90 Å². The predicted molar refractivity (Wildman–Crippen MR) is 86.6 cm³/mol. The van der Waals surface area contributed by atoms with Crippen molar-refractivity contribution >= 4 is 11.7 Å². The smallest absolute Gasteiger partial charge is 0.274 e. The van der Waals surface area contributed by atoms with Crippen molar-refractivity contribution in [3.8, 4) is 0 Å². The minimum Gasteiger partial charge on any atom is -0.352 e. The largest absolute Gasteiger partial charge is 0.352 e. The van der Waals surface area contributed by atoms with Gasteiger partial charge in [0.1, 0.15) is 0 Å². The van der Waals surface area contributed by atoms with E-state index in [0.29, 0.717) is 24.7 Å². The van der Waals surface area contributed by atoms with Gasteiger partial charge in [0.2, 0.25) is 0 Å². The Morgan fingerprint density at radius 2 is 1.96 bits per heavy atom. The fraction of sp³-hybridized carbons (Fsp3) is 0.562. The molecule has 0 spiro atoms. The number of anilines is 1. The van der Waals surface area contributed by atoms with Crippen molar-refractivity contribution in [2.45, 2.75) is 25.7 Å². The van der Waals surface area contributed by atoms with Gasteiger partial charge in [0.25, 0.3) is 5.91 Å². The highest BCUT2D eigenvalue weighted by Crippen LogP contribution is 2.39. The van der Waals surface area contributed by atoms with Crippen molar-refractivity contribution in [3.05, 3.63) is 29.2 Å². The maximum Gasteiger partial charge on any atom is 0.274 e. The van der Waals surface area contributed by atoms with E-state index >= 15 is 0 Å². The predicted octanol–water partition coefficient (Wildman–Crippen LogP) is 1.29. The number of piperazine rings is 1. The number of aryl methyl sites for hydroxylation is 2. The van der Waals surface area contributed by atoms with Crippen molar-refractivity contribution < 1.29 is 4.79 Å². The zero-order valence-electron chi connectivity index (χ0n) is 13.6. The van der Waals surface area contributed by atoms with E-state index in [1.54, 1.807) is 4.68 Å². The van der Waals surface area contributed by atoms with E-state index < -0.39 is 0 Å². The highest BCUT2D eigenvalue weighted by Gasteiger charge is 2.28. The molecule has 1 saturated heterocycles. The molecule has 2 aromatic heterocycles. The summed E-state index contributed by atoms with van der Waals surface area (Å²) in [7, 11) is 1.86. The van der Waals surface area contributed by atoms with Gasteiger partial charge in [-0.15, -0.1) is 0 Å². The maximum atomic E-state index is 12.5. The molecular formula is C16H22N6O. The summed E-state index contributed by atoms with van der Waals surface area (Å²) < 4.78 is 1.74.